The third-order valence-electron chi connectivity index (χ3n) is 4.76. The van der Waals surface area contributed by atoms with Crippen LogP contribution in [0.25, 0.3) is 0 Å². The van der Waals surface area contributed by atoms with Crippen LogP contribution >= 0.6 is 0 Å². The smallest absolute Gasteiger partial charge is 0.119 e. The van der Waals surface area contributed by atoms with Crippen LogP contribution in [0.15, 0.2) is 58.8 Å². The molecule has 0 aromatic heterocycles. The zero-order valence-electron chi connectivity index (χ0n) is 17.6. The summed E-state index contributed by atoms with van der Waals surface area (Å²) in [5.41, 5.74) is 1.59. The zero-order chi connectivity index (χ0) is 20.6. The van der Waals surface area contributed by atoms with E-state index in [9.17, 15) is 0 Å². The average molecular weight is 399 g/mol. The lowest BCUT2D eigenvalue weighted by molar-refractivity contribution is 0.282. The van der Waals surface area contributed by atoms with Gasteiger partial charge in [-0.15, -0.1) is 0 Å². The van der Waals surface area contributed by atoms with E-state index in [0.29, 0.717) is 6.61 Å². The first kappa shape index (κ1) is 22.9. The fourth-order valence-corrected chi connectivity index (χ4v) is 3.01. The number of benzene rings is 2. The summed E-state index contributed by atoms with van der Waals surface area (Å²) in [6.07, 6.45) is 10.8. The van der Waals surface area contributed by atoms with Crippen LogP contribution in [0.5, 0.6) is 11.5 Å². The second kappa shape index (κ2) is 14.6. The minimum atomic E-state index is 0.330. The lowest BCUT2D eigenvalue weighted by atomic mass is 10.1. The summed E-state index contributed by atoms with van der Waals surface area (Å²) in [5.74, 6) is 1.68. The summed E-state index contributed by atoms with van der Waals surface area (Å²) in [4.78, 5) is 0. The molecule has 1 N–H and O–H groups in total. The molecule has 29 heavy (non-hydrogen) atoms. The molecule has 5 heteroatoms. The van der Waals surface area contributed by atoms with Gasteiger partial charge in [0.05, 0.1) is 25.1 Å². The van der Waals surface area contributed by atoms with Crippen LogP contribution in [-0.2, 0) is 0 Å². The number of methoxy groups -OCH3 is 1. The van der Waals surface area contributed by atoms with E-state index >= 15 is 0 Å². The number of hydrogen-bond donors (Lipinski definition) is 1. The lowest BCUT2D eigenvalue weighted by Crippen LogP contribution is -1.96. The minimum absolute atomic E-state index is 0.330. The summed E-state index contributed by atoms with van der Waals surface area (Å²) in [7, 11) is 1.64. The molecule has 5 nitrogen and oxygen atoms in total. The molecule has 2 rings (SSSR count). The van der Waals surface area contributed by atoms with Crippen molar-refractivity contribution in [3.8, 4) is 11.5 Å². The number of azo groups is 1. The van der Waals surface area contributed by atoms with Gasteiger partial charge in [-0.2, -0.15) is 10.2 Å². The van der Waals surface area contributed by atoms with Crippen molar-refractivity contribution in [3.63, 3.8) is 0 Å². The Morgan fingerprint density at radius 3 is 1.55 bits per heavy atom. The van der Waals surface area contributed by atoms with Crippen molar-refractivity contribution in [1.29, 1.82) is 0 Å². The molecule has 0 spiro atoms. The van der Waals surface area contributed by atoms with E-state index in [1.54, 1.807) is 7.11 Å². The summed E-state index contributed by atoms with van der Waals surface area (Å²) in [6, 6.07) is 15.2. The largest absolute Gasteiger partial charge is 0.497 e. The van der Waals surface area contributed by atoms with Crippen molar-refractivity contribution in [2.45, 2.75) is 57.8 Å². The standard InChI is InChI=1S/C24H34N2O3/c1-28-23-15-11-21(12-16-23)25-26-22-13-17-24(18-14-22)29-20-10-8-6-4-2-3-5-7-9-19-27/h11-18,27H,2-10,19-20H2,1H3. The van der Waals surface area contributed by atoms with E-state index in [4.69, 9.17) is 14.6 Å². The van der Waals surface area contributed by atoms with Crippen molar-refractivity contribution in [2.75, 3.05) is 20.3 Å². The number of unbranched alkanes of at least 4 members (excludes halogenated alkanes) is 8. The first-order valence-corrected chi connectivity index (χ1v) is 10.7. The third-order valence-corrected chi connectivity index (χ3v) is 4.76. The molecule has 0 aliphatic rings. The number of rotatable bonds is 15. The maximum Gasteiger partial charge on any atom is 0.119 e. The Bertz CT molecular complexity index is 684. The normalized spacial score (nSPS) is 11.1. The van der Waals surface area contributed by atoms with E-state index in [0.717, 1.165) is 48.7 Å². The molecule has 0 heterocycles. The molecular formula is C24H34N2O3. The fraction of sp³-hybridized carbons (Fsp3) is 0.500. The minimum Gasteiger partial charge on any atom is -0.497 e. The average Bonchev–Trinajstić information content (AvgIpc) is 2.77. The van der Waals surface area contributed by atoms with Crippen LogP contribution in [0.4, 0.5) is 11.4 Å². The van der Waals surface area contributed by atoms with E-state index < -0.39 is 0 Å². The highest BCUT2D eigenvalue weighted by atomic mass is 16.5. The van der Waals surface area contributed by atoms with Gasteiger partial charge in [0, 0.05) is 6.61 Å². The van der Waals surface area contributed by atoms with Crippen molar-refractivity contribution >= 4 is 11.4 Å². The SMILES string of the molecule is COc1ccc(N=Nc2ccc(OCCCCCCCCCCCO)cc2)cc1. The Morgan fingerprint density at radius 2 is 1.07 bits per heavy atom. The highest BCUT2D eigenvalue weighted by molar-refractivity contribution is 5.44. The van der Waals surface area contributed by atoms with Crippen LogP contribution in [0, 0.1) is 0 Å². The molecule has 0 amide bonds. The van der Waals surface area contributed by atoms with Gasteiger partial charge in [0.2, 0.25) is 0 Å². The number of aliphatic hydroxyl groups excluding tert-OH is 1. The summed E-state index contributed by atoms with van der Waals surface area (Å²) >= 11 is 0. The molecule has 0 saturated carbocycles. The maximum absolute atomic E-state index is 8.74. The fourth-order valence-electron chi connectivity index (χ4n) is 3.01. The molecule has 2 aromatic carbocycles. The Hall–Kier alpha value is -2.40. The molecule has 0 aliphatic carbocycles. The number of hydrogen-bond acceptors (Lipinski definition) is 5. The molecule has 0 saturated heterocycles. The molecule has 158 valence electrons. The van der Waals surface area contributed by atoms with Crippen molar-refractivity contribution < 1.29 is 14.6 Å². The lowest BCUT2D eigenvalue weighted by Gasteiger charge is -2.06. The summed E-state index contributed by atoms with van der Waals surface area (Å²) < 4.78 is 10.9. The number of aliphatic hydroxyl groups is 1. The monoisotopic (exact) mass is 398 g/mol. The molecule has 0 atom stereocenters. The van der Waals surface area contributed by atoms with Gasteiger partial charge in [-0.25, -0.2) is 0 Å². The van der Waals surface area contributed by atoms with Crippen LogP contribution < -0.4 is 9.47 Å². The van der Waals surface area contributed by atoms with Gasteiger partial charge in [-0.3, -0.25) is 0 Å². The van der Waals surface area contributed by atoms with Crippen LogP contribution in [-0.4, -0.2) is 25.4 Å². The summed E-state index contributed by atoms with van der Waals surface area (Å²) in [6.45, 7) is 1.08. The Kier molecular flexibility index (Phi) is 11.5. The Labute approximate surface area is 174 Å². The zero-order valence-corrected chi connectivity index (χ0v) is 17.6. The molecular weight excluding hydrogens is 364 g/mol. The molecule has 0 aliphatic heterocycles. The predicted molar refractivity (Wildman–Crippen MR) is 118 cm³/mol. The van der Waals surface area contributed by atoms with Gasteiger partial charge in [-0.1, -0.05) is 44.9 Å². The van der Waals surface area contributed by atoms with Crippen molar-refractivity contribution in [2.24, 2.45) is 10.2 Å². The van der Waals surface area contributed by atoms with Crippen LogP contribution in [0.2, 0.25) is 0 Å². The van der Waals surface area contributed by atoms with Crippen LogP contribution in [0.1, 0.15) is 57.8 Å². The Morgan fingerprint density at radius 1 is 0.621 bits per heavy atom. The number of ether oxygens (including phenoxy) is 2. The first-order valence-electron chi connectivity index (χ1n) is 10.7. The van der Waals surface area contributed by atoms with Gasteiger partial charge in [0.15, 0.2) is 0 Å². The van der Waals surface area contributed by atoms with E-state index in [-0.39, 0.29) is 0 Å². The summed E-state index contributed by atoms with van der Waals surface area (Å²) in [5, 5.41) is 17.2. The molecule has 0 radical (unpaired) electrons. The second-order valence-corrected chi connectivity index (χ2v) is 7.15. The van der Waals surface area contributed by atoms with E-state index in [1.165, 1.54) is 38.5 Å². The van der Waals surface area contributed by atoms with Gasteiger partial charge in [0.25, 0.3) is 0 Å². The Balaban J connectivity index is 1.56. The van der Waals surface area contributed by atoms with Gasteiger partial charge < -0.3 is 14.6 Å². The van der Waals surface area contributed by atoms with Gasteiger partial charge >= 0.3 is 0 Å². The van der Waals surface area contributed by atoms with Crippen molar-refractivity contribution in [1.82, 2.24) is 0 Å². The highest BCUT2D eigenvalue weighted by Crippen LogP contribution is 2.23. The number of nitrogens with zero attached hydrogens (tertiary/aromatic N) is 2. The molecule has 0 bridgehead atoms. The first-order chi connectivity index (χ1) is 14.3. The van der Waals surface area contributed by atoms with Crippen molar-refractivity contribution in [3.05, 3.63) is 48.5 Å². The molecule has 0 unspecified atom stereocenters. The van der Waals surface area contributed by atoms with Gasteiger partial charge in [-0.05, 0) is 61.4 Å². The van der Waals surface area contributed by atoms with Gasteiger partial charge in [0.1, 0.15) is 11.5 Å². The maximum atomic E-state index is 8.74. The van der Waals surface area contributed by atoms with E-state index in [2.05, 4.69) is 10.2 Å². The quantitative estimate of drug-likeness (QED) is 0.260. The predicted octanol–water partition coefficient (Wildman–Crippen LogP) is 6.99. The molecule has 2 aromatic rings. The topological polar surface area (TPSA) is 63.4 Å². The highest BCUT2D eigenvalue weighted by Gasteiger charge is 1.97. The van der Waals surface area contributed by atoms with Crippen LogP contribution in [0.3, 0.4) is 0 Å². The van der Waals surface area contributed by atoms with E-state index in [1.807, 2.05) is 48.5 Å². The molecule has 0 fully saturated rings. The third kappa shape index (κ3) is 10.1. The second-order valence-electron chi connectivity index (χ2n) is 7.15.